The van der Waals surface area contributed by atoms with Gasteiger partial charge in [0.25, 0.3) is 5.91 Å². The maximum absolute atomic E-state index is 12.0. The molecule has 144 valence electrons. The summed E-state index contributed by atoms with van der Waals surface area (Å²) in [5.74, 6) is -1.17. The second kappa shape index (κ2) is 9.94. The molecule has 0 saturated heterocycles. The van der Waals surface area contributed by atoms with Gasteiger partial charge in [-0.1, -0.05) is 37.6 Å². The molecule has 0 aliphatic carbocycles. The molecule has 0 saturated carbocycles. The SMILES string of the molecule is CCCCc1ccc(CC(=O)O[C@@H](C)C(=O)NC(=O)NC(C)(C)C)cc1. The first-order valence-electron chi connectivity index (χ1n) is 9.01. The smallest absolute Gasteiger partial charge is 0.321 e. The third-order valence-corrected chi connectivity index (χ3v) is 3.59. The molecule has 0 aliphatic rings. The van der Waals surface area contributed by atoms with Crippen LogP contribution in [0.2, 0.25) is 0 Å². The topological polar surface area (TPSA) is 84.5 Å². The molecule has 0 spiro atoms. The minimum absolute atomic E-state index is 0.0832. The molecule has 6 heteroatoms. The highest BCUT2D eigenvalue weighted by molar-refractivity contribution is 5.97. The molecule has 1 aromatic carbocycles. The maximum Gasteiger partial charge on any atom is 0.321 e. The molecule has 0 aromatic heterocycles. The van der Waals surface area contributed by atoms with E-state index in [-0.39, 0.29) is 6.42 Å². The van der Waals surface area contributed by atoms with Crippen molar-refractivity contribution in [1.29, 1.82) is 0 Å². The average Bonchev–Trinajstić information content (AvgIpc) is 2.52. The predicted molar refractivity (Wildman–Crippen MR) is 101 cm³/mol. The van der Waals surface area contributed by atoms with Crippen molar-refractivity contribution >= 4 is 17.9 Å². The Morgan fingerprint density at radius 3 is 2.19 bits per heavy atom. The summed E-state index contributed by atoms with van der Waals surface area (Å²) < 4.78 is 5.11. The fraction of sp³-hybridized carbons (Fsp3) is 0.550. The van der Waals surface area contributed by atoms with Crippen LogP contribution in [0, 0.1) is 0 Å². The number of nitrogens with one attached hydrogen (secondary N) is 2. The van der Waals surface area contributed by atoms with Gasteiger partial charge in [-0.3, -0.25) is 14.9 Å². The monoisotopic (exact) mass is 362 g/mol. The lowest BCUT2D eigenvalue weighted by Crippen LogP contribution is -2.50. The number of unbranched alkanes of at least 4 members (excludes halogenated alkanes) is 1. The quantitative estimate of drug-likeness (QED) is 0.730. The fourth-order valence-electron chi connectivity index (χ4n) is 2.25. The molecule has 26 heavy (non-hydrogen) atoms. The minimum Gasteiger partial charge on any atom is -0.452 e. The van der Waals surface area contributed by atoms with E-state index in [1.165, 1.54) is 12.5 Å². The molecule has 0 unspecified atom stereocenters. The Balaban J connectivity index is 2.46. The predicted octanol–water partition coefficient (Wildman–Crippen LogP) is 3.13. The van der Waals surface area contributed by atoms with Crippen LogP contribution < -0.4 is 10.6 Å². The first-order chi connectivity index (χ1) is 12.1. The van der Waals surface area contributed by atoms with Gasteiger partial charge in [0, 0.05) is 5.54 Å². The Hall–Kier alpha value is -2.37. The second-order valence-electron chi connectivity index (χ2n) is 7.42. The standard InChI is InChI=1S/C20H30N2O4/c1-6-7-8-15-9-11-16(12-10-15)13-17(23)26-14(2)18(24)21-19(25)22-20(3,4)5/h9-12,14H,6-8,13H2,1-5H3,(H2,21,22,24,25)/t14-/m0/s1. The van der Waals surface area contributed by atoms with Gasteiger partial charge >= 0.3 is 12.0 Å². The van der Waals surface area contributed by atoms with Crippen molar-refractivity contribution in [1.82, 2.24) is 10.6 Å². The zero-order valence-electron chi connectivity index (χ0n) is 16.3. The molecule has 0 heterocycles. The number of urea groups is 1. The van der Waals surface area contributed by atoms with Crippen LogP contribution in [0.3, 0.4) is 0 Å². The Kier molecular flexibility index (Phi) is 8.29. The molecule has 1 aromatic rings. The highest BCUT2D eigenvalue weighted by atomic mass is 16.5. The van der Waals surface area contributed by atoms with Crippen molar-refractivity contribution in [2.24, 2.45) is 0 Å². The molecule has 3 amide bonds. The summed E-state index contributed by atoms with van der Waals surface area (Å²) in [5, 5.41) is 4.77. The number of amides is 3. The Morgan fingerprint density at radius 1 is 1.08 bits per heavy atom. The van der Waals surface area contributed by atoms with Crippen molar-refractivity contribution in [3.63, 3.8) is 0 Å². The van der Waals surface area contributed by atoms with Gasteiger partial charge in [0.05, 0.1) is 6.42 Å². The minimum atomic E-state index is -1.04. The Morgan fingerprint density at radius 2 is 1.65 bits per heavy atom. The highest BCUT2D eigenvalue weighted by Crippen LogP contribution is 2.09. The number of carbonyl (C=O) groups excluding carboxylic acids is 3. The fourth-order valence-corrected chi connectivity index (χ4v) is 2.25. The highest BCUT2D eigenvalue weighted by Gasteiger charge is 2.22. The molecular formula is C20H30N2O4. The van der Waals surface area contributed by atoms with E-state index < -0.39 is 29.6 Å². The number of esters is 1. The summed E-state index contributed by atoms with van der Waals surface area (Å²) in [6, 6.07) is 7.19. The van der Waals surface area contributed by atoms with Crippen LogP contribution in [-0.2, 0) is 27.2 Å². The lowest BCUT2D eigenvalue weighted by atomic mass is 10.1. The number of benzene rings is 1. The number of carbonyl (C=O) groups is 3. The van der Waals surface area contributed by atoms with Crippen LogP contribution in [0.25, 0.3) is 0 Å². The van der Waals surface area contributed by atoms with E-state index in [0.29, 0.717) is 0 Å². The van der Waals surface area contributed by atoms with Gasteiger partial charge in [-0.05, 0) is 51.7 Å². The largest absolute Gasteiger partial charge is 0.452 e. The normalized spacial score (nSPS) is 12.2. The molecule has 0 fully saturated rings. The molecule has 1 rings (SSSR count). The average molecular weight is 362 g/mol. The molecular weight excluding hydrogens is 332 g/mol. The maximum atomic E-state index is 12.0. The molecule has 0 radical (unpaired) electrons. The summed E-state index contributed by atoms with van der Waals surface area (Å²) in [7, 11) is 0. The van der Waals surface area contributed by atoms with Crippen molar-refractivity contribution in [2.75, 3.05) is 0 Å². The van der Waals surface area contributed by atoms with Crippen LogP contribution in [-0.4, -0.2) is 29.6 Å². The zero-order valence-corrected chi connectivity index (χ0v) is 16.3. The number of aryl methyl sites for hydroxylation is 1. The number of hydrogen-bond acceptors (Lipinski definition) is 4. The second-order valence-corrected chi connectivity index (χ2v) is 7.42. The van der Waals surface area contributed by atoms with Gasteiger partial charge in [0.2, 0.25) is 0 Å². The van der Waals surface area contributed by atoms with Gasteiger partial charge in [-0.15, -0.1) is 0 Å². The molecule has 1 atom stereocenters. The lowest BCUT2D eigenvalue weighted by Gasteiger charge is -2.21. The third kappa shape index (κ3) is 8.65. The van der Waals surface area contributed by atoms with Gasteiger partial charge < -0.3 is 10.1 Å². The van der Waals surface area contributed by atoms with Crippen LogP contribution in [0.4, 0.5) is 4.79 Å². The van der Waals surface area contributed by atoms with Crippen molar-refractivity contribution in [2.45, 2.75) is 71.9 Å². The third-order valence-electron chi connectivity index (χ3n) is 3.59. The van der Waals surface area contributed by atoms with Crippen molar-refractivity contribution in [3.8, 4) is 0 Å². The summed E-state index contributed by atoms with van der Waals surface area (Å²) in [4.78, 5) is 35.6. The van der Waals surface area contributed by atoms with E-state index in [4.69, 9.17) is 4.74 Å². The van der Waals surface area contributed by atoms with Crippen molar-refractivity contribution < 1.29 is 19.1 Å². The Bertz CT molecular complexity index is 618. The van der Waals surface area contributed by atoms with E-state index in [0.717, 1.165) is 24.8 Å². The first-order valence-corrected chi connectivity index (χ1v) is 9.01. The van der Waals surface area contributed by atoms with Crippen LogP contribution in [0.1, 0.15) is 58.6 Å². The van der Waals surface area contributed by atoms with Crippen LogP contribution in [0.5, 0.6) is 0 Å². The van der Waals surface area contributed by atoms with Gasteiger partial charge in [0.1, 0.15) is 0 Å². The van der Waals surface area contributed by atoms with Gasteiger partial charge in [-0.2, -0.15) is 0 Å². The number of hydrogen-bond donors (Lipinski definition) is 2. The van der Waals surface area contributed by atoms with E-state index in [2.05, 4.69) is 17.6 Å². The molecule has 0 aliphatic heterocycles. The number of imide groups is 1. The summed E-state index contributed by atoms with van der Waals surface area (Å²) in [5.41, 5.74) is 1.60. The van der Waals surface area contributed by atoms with E-state index in [9.17, 15) is 14.4 Å². The van der Waals surface area contributed by atoms with E-state index >= 15 is 0 Å². The summed E-state index contributed by atoms with van der Waals surface area (Å²) in [6.07, 6.45) is 2.34. The van der Waals surface area contributed by atoms with E-state index in [1.54, 1.807) is 20.8 Å². The van der Waals surface area contributed by atoms with Gasteiger partial charge in [-0.25, -0.2) is 4.79 Å². The molecule has 6 nitrogen and oxygen atoms in total. The first kappa shape index (κ1) is 21.7. The van der Waals surface area contributed by atoms with E-state index in [1.807, 2.05) is 24.3 Å². The molecule has 0 bridgehead atoms. The Labute approximate surface area is 155 Å². The summed E-state index contributed by atoms with van der Waals surface area (Å²) >= 11 is 0. The zero-order chi connectivity index (χ0) is 19.7. The lowest BCUT2D eigenvalue weighted by molar-refractivity contribution is -0.153. The van der Waals surface area contributed by atoms with Crippen molar-refractivity contribution in [3.05, 3.63) is 35.4 Å². The molecule has 2 N–H and O–H groups in total. The summed E-state index contributed by atoms with van der Waals surface area (Å²) in [6.45, 7) is 8.98. The van der Waals surface area contributed by atoms with Crippen LogP contribution in [0.15, 0.2) is 24.3 Å². The number of rotatable bonds is 7. The van der Waals surface area contributed by atoms with Crippen LogP contribution >= 0.6 is 0 Å². The van der Waals surface area contributed by atoms with Gasteiger partial charge in [0.15, 0.2) is 6.10 Å². The number of ether oxygens (including phenoxy) is 1.